The van der Waals surface area contributed by atoms with E-state index in [0.717, 1.165) is 16.7 Å². The second-order valence-electron chi connectivity index (χ2n) is 4.90. The molecule has 0 amide bonds. The number of carbonyl (C=O) groups is 1. The van der Waals surface area contributed by atoms with Crippen LogP contribution in [0, 0.1) is 25.7 Å². The van der Waals surface area contributed by atoms with Gasteiger partial charge in [-0.15, -0.1) is 4.91 Å². The van der Waals surface area contributed by atoms with Crippen molar-refractivity contribution in [3.05, 3.63) is 63.6 Å². The summed E-state index contributed by atoms with van der Waals surface area (Å²) >= 11 is 0. The molecule has 0 unspecified atom stereocenters. The van der Waals surface area contributed by atoms with E-state index in [1.54, 1.807) is 12.1 Å². The van der Waals surface area contributed by atoms with Crippen LogP contribution in [-0.4, -0.2) is 5.97 Å². The number of hydrogen-bond acceptors (Lipinski definition) is 5. The monoisotopic (exact) mass is 284 g/mol. The summed E-state index contributed by atoms with van der Waals surface area (Å²) in [6, 6.07) is 10.2. The first-order valence-electron chi connectivity index (χ1n) is 6.49. The zero-order valence-corrected chi connectivity index (χ0v) is 12.1. The Kier molecular flexibility index (Phi) is 4.33. The van der Waals surface area contributed by atoms with Crippen molar-refractivity contribution in [2.24, 2.45) is 5.18 Å². The van der Waals surface area contributed by atoms with E-state index >= 15 is 0 Å². The summed E-state index contributed by atoms with van der Waals surface area (Å²) < 4.78 is 0. The third-order valence-corrected chi connectivity index (χ3v) is 3.12. The molecule has 2 aromatic carbocycles. The van der Waals surface area contributed by atoms with Gasteiger partial charge in [0.15, 0.2) is 0 Å². The van der Waals surface area contributed by atoms with Crippen LogP contribution >= 0.6 is 0 Å². The summed E-state index contributed by atoms with van der Waals surface area (Å²) in [7, 11) is 0. The van der Waals surface area contributed by atoms with Crippen LogP contribution in [-0.2, 0) is 4.84 Å². The van der Waals surface area contributed by atoms with E-state index in [4.69, 9.17) is 4.84 Å². The lowest BCUT2D eigenvalue weighted by molar-refractivity contribution is 0.0595. The molecule has 1 N–H and O–H groups in total. The van der Waals surface area contributed by atoms with Crippen LogP contribution in [0.3, 0.4) is 0 Å². The Morgan fingerprint density at radius 3 is 2.14 bits per heavy atom. The molecule has 0 aliphatic carbocycles. The average molecular weight is 284 g/mol. The fourth-order valence-corrected chi connectivity index (χ4v) is 2.25. The van der Waals surface area contributed by atoms with Crippen LogP contribution in [0.4, 0.5) is 11.4 Å². The van der Waals surface area contributed by atoms with Gasteiger partial charge in [0.1, 0.15) is 5.69 Å². The van der Waals surface area contributed by atoms with E-state index in [2.05, 4.69) is 10.7 Å². The minimum absolute atomic E-state index is 0.317. The highest BCUT2D eigenvalue weighted by atomic mass is 16.7. The summed E-state index contributed by atoms with van der Waals surface area (Å²) in [4.78, 5) is 27.5. The van der Waals surface area contributed by atoms with Gasteiger partial charge in [-0.1, -0.05) is 17.7 Å². The fourth-order valence-electron chi connectivity index (χ4n) is 2.25. The number of benzene rings is 2. The quantitative estimate of drug-likeness (QED) is 0.675. The van der Waals surface area contributed by atoms with E-state index in [0.29, 0.717) is 16.9 Å². The third-order valence-electron chi connectivity index (χ3n) is 3.12. The number of aryl methyl sites for hydroxylation is 3. The van der Waals surface area contributed by atoms with Crippen LogP contribution in [0.25, 0.3) is 0 Å². The zero-order valence-electron chi connectivity index (χ0n) is 12.1. The van der Waals surface area contributed by atoms with Crippen LogP contribution in [0.1, 0.15) is 27.0 Å². The van der Waals surface area contributed by atoms with Gasteiger partial charge in [-0.2, -0.15) is 0 Å². The van der Waals surface area contributed by atoms with Crippen molar-refractivity contribution >= 4 is 17.3 Å². The van der Waals surface area contributed by atoms with Crippen LogP contribution in [0.2, 0.25) is 0 Å². The second kappa shape index (κ2) is 6.17. The van der Waals surface area contributed by atoms with E-state index in [1.165, 1.54) is 12.1 Å². The van der Waals surface area contributed by atoms with Gasteiger partial charge in [0.2, 0.25) is 0 Å². The molecule has 0 saturated carbocycles. The molecule has 0 aromatic heterocycles. The molecule has 5 heteroatoms. The number of hydrogen-bond donors (Lipinski definition) is 1. The minimum Gasteiger partial charge on any atom is -0.338 e. The van der Waals surface area contributed by atoms with Crippen molar-refractivity contribution in [1.82, 2.24) is 0 Å². The van der Waals surface area contributed by atoms with E-state index in [9.17, 15) is 9.70 Å². The minimum atomic E-state index is -0.442. The third kappa shape index (κ3) is 3.45. The van der Waals surface area contributed by atoms with Gasteiger partial charge >= 0.3 is 5.97 Å². The number of carbonyl (C=O) groups excluding carboxylic acids is 1. The highest BCUT2D eigenvalue weighted by Crippen LogP contribution is 2.19. The molecule has 0 fully saturated rings. The summed E-state index contributed by atoms with van der Waals surface area (Å²) in [5, 5.41) is 2.80. The summed E-state index contributed by atoms with van der Waals surface area (Å²) in [6.45, 7) is 5.73. The number of anilines is 1. The van der Waals surface area contributed by atoms with Gasteiger partial charge in [-0.05, 0) is 61.3 Å². The lowest BCUT2D eigenvalue weighted by atomic mass is 10.0. The molecule has 0 atom stereocenters. The molecule has 0 bridgehead atoms. The predicted molar refractivity (Wildman–Crippen MR) is 81.6 cm³/mol. The lowest BCUT2D eigenvalue weighted by Gasteiger charge is -2.11. The highest BCUT2D eigenvalue weighted by Gasteiger charge is 2.14. The Labute approximate surface area is 122 Å². The van der Waals surface area contributed by atoms with Crippen molar-refractivity contribution in [3.8, 4) is 0 Å². The van der Waals surface area contributed by atoms with Crippen molar-refractivity contribution in [2.75, 3.05) is 5.48 Å². The molecular weight excluding hydrogens is 268 g/mol. The molecule has 2 rings (SSSR count). The van der Waals surface area contributed by atoms with Gasteiger partial charge in [-0.25, -0.2) is 10.3 Å². The molecule has 21 heavy (non-hydrogen) atoms. The first kappa shape index (κ1) is 14.7. The largest absolute Gasteiger partial charge is 0.363 e. The maximum absolute atomic E-state index is 12.1. The second-order valence-corrected chi connectivity index (χ2v) is 4.90. The van der Waals surface area contributed by atoms with Gasteiger partial charge in [0, 0.05) is 0 Å². The van der Waals surface area contributed by atoms with Gasteiger partial charge < -0.3 is 4.84 Å². The lowest BCUT2D eigenvalue weighted by Crippen LogP contribution is -2.13. The molecule has 108 valence electrons. The van der Waals surface area contributed by atoms with Gasteiger partial charge in [0.25, 0.3) is 0 Å². The molecule has 0 radical (unpaired) electrons. The van der Waals surface area contributed by atoms with Crippen molar-refractivity contribution in [2.45, 2.75) is 20.8 Å². The van der Waals surface area contributed by atoms with Gasteiger partial charge in [-0.3, -0.25) is 0 Å². The molecule has 0 aliphatic rings. The average Bonchev–Trinajstić information content (AvgIpc) is 2.44. The number of nitrogens with zero attached hydrogens (tertiary/aromatic N) is 1. The number of rotatable bonds is 4. The summed E-state index contributed by atoms with van der Waals surface area (Å²) in [5.41, 5.74) is 6.86. The molecule has 0 spiro atoms. The van der Waals surface area contributed by atoms with E-state index < -0.39 is 5.97 Å². The fraction of sp³-hybridized carbons (Fsp3) is 0.188. The Hall–Kier alpha value is -2.69. The Morgan fingerprint density at radius 1 is 1.05 bits per heavy atom. The molecule has 0 saturated heterocycles. The van der Waals surface area contributed by atoms with Crippen LogP contribution < -0.4 is 5.48 Å². The Morgan fingerprint density at radius 2 is 1.62 bits per heavy atom. The van der Waals surface area contributed by atoms with Crippen molar-refractivity contribution in [1.29, 1.82) is 0 Å². The zero-order chi connectivity index (χ0) is 15.4. The van der Waals surface area contributed by atoms with Crippen LogP contribution in [0.5, 0.6) is 0 Å². The summed E-state index contributed by atoms with van der Waals surface area (Å²) in [5.74, 6) is -0.442. The summed E-state index contributed by atoms with van der Waals surface area (Å²) in [6.07, 6.45) is 0. The number of nitroso groups, excluding NO2 is 1. The first-order chi connectivity index (χ1) is 10.0. The molecule has 5 nitrogen and oxygen atoms in total. The SMILES string of the molecule is Cc1cc(C)c(C(=O)ONc2ccc(N=O)cc2)c(C)c1. The van der Waals surface area contributed by atoms with E-state index in [1.807, 2.05) is 32.9 Å². The molecule has 2 aromatic rings. The normalized spacial score (nSPS) is 10.0. The topological polar surface area (TPSA) is 67.8 Å². The van der Waals surface area contributed by atoms with E-state index in [-0.39, 0.29) is 0 Å². The van der Waals surface area contributed by atoms with Gasteiger partial charge in [0.05, 0.1) is 11.3 Å². The molecular formula is C16H16N2O3. The molecule has 0 heterocycles. The standard InChI is InChI=1S/C16H16N2O3/c1-10-8-11(2)15(12(3)9-10)16(19)21-18-14-6-4-13(17-20)5-7-14/h4-9,18H,1-3H3. The first-order valence-corrected chi connectivity index (χ1v) is 6.49. The maximum atomic E-state index is 12.1. The Balaban J connectivity index is 2.09. The smallest absolute Gasteiger partial charge is 0.338 e. The van der Waals surface area contributed by atoms with Crippen molar-refractivity contribution < 1.29 is 9.63 Å². The van der Waals surface area contributed by atoms with Crippen molar-refractivity contribution in [3.63, 3.8) is 0 Å². The number of nitrogens with one attached hydrogen (secondary N) is 1. The Bertz CT molecular complexity index is 655. The van der Waals surface area contributed by atoms with Crippen LogP contribution in [0.15, 0.2) is 41.6 Å². The molecule has 0 aliphatic heterocycles. The maximum Gasteiger partial charge on any atom is 0.363 e. The predicted octanol–water partition coefficient (Wildman–Crippen LogP) is 4.19. The highest BCUT2D eigenvalue weighted by molar-refractivity contribution is 5.93.